The Labute approximate surface area is 137 Å². The number of hydrogen-bond donors (Lipinski definition) is 1. The molecule has 0 bridgehead atoms. The summed E-state index contributed by atoms with van der Waals surface area (Å²) in [4.78, 5) is 15.9. The monoisotopic (exact) mass is 315 g/mol. The fraction of sp³-hybridized carbons (Fsp3) is 0.389. The first-order chi connectivity index (χ1) is 11.1. The van der Waals surface area contributed by atoms with Gasteiger partial charge in [0.25, 0.3) is 0 Å². The van der Waals surface area contributed by atoms with Crippen LogP contribution in [0.25, 0.3) is 0 Å². The van der Waals surface area contributed by atoms with Crippen LogP contribution in [-0.2, 0) is 13.1 Å². The van der Waals surface area contributed by atoms with Crippen molar-refractivity contribution < 1.29 is 9.21 Å². The fourth-order valence-electron chi connectivity index (χ4n) is 2.26. The van der Waals surface area contributed by atoms with E-state index < -0.39 is 0 Å². The van der Waals surface area contributed by atoms with Crippen molar-refractivity contribution in [1.29, 1.82) is 0 Å². The molecule has 2 aromatic rings. The molecule has 1 aromatic carbocycles. The van der Waals surface area contributed by atoms with E-state index in [9.17, 15) is 4.79 Å². The number of nitrogens with zero attached hydrogens (tertiary/aromatic N) is 2. The standard InChI is InChI=1S/C18H25N3O2/c1-15(20(2)13-16-8-5-4-6-9-16)12-19-18(22)21(3)14-17-10-7-11-23-17/h4-11,15H,12-14H2,1-3H3,(H,19,22)/t15-/m0/s1. The summed E-state index contributed by atoms with van der Waals surface area (Å²) in [7, 11) is 3.83. The summed E-state index contributed by atoms with van der Waals surface area (Å²) in [5.41, 5.74) is 1.27. The van der Waals surface area contributed by atoms with Crippen LogP contribution in [0.4, 0.5) is 4.79 Å². The molecule has 0 aliphatic rings. The summed E-state index contributed by atoms with van der Waals surface area (Å²) >= 11 is 0. The van der Waals surface area contributed by atoms with Crippen LogP contribution >= 0.6 is 0 Å². The molecule has 0 aliphatic carbocycles. The fourth-order valence-corrected chi connectivity index (χ4v) is 2.26. The van der Waals surface area contributed by atoms with Gasteiger partial charge in [0.2, 0.25) is 0 Å². The predicted molar refractivity (Wildman–Crippen MR) is 90.9 cm³/mol. The average Bonchev–Trinajstić information content (AvgIpc) is 3.06. The van der Waals surface area contributed by atoms with Gasteiger partial charge < -0.3 is 14.6 Å². The van der Waals surface area contributed by atoms with Gasteiger partial charge in [-0.1, -0.05) is 30.3 Å². The first-order valence-corrected chi connectivity index (χ1v) is 7.81. The number of nitrogens with one attached hydrogen (secondary N) is 1. The number of furan rings is 1. The molecule has 1 heterocycles. The quantitative estimate of drug-likeness (QED) is 0.854. The predicted octanol–water partition coefficient (Wildman–Crippen LogP) is 2.94. The van der Waals surface area contributed by atoms with Crippen LogP contribution in [0.3, 0.4) is 0 Å². The number of carbonyl (C=O) groups excluding carboxylic acids is 1. The maximum atomic E-state index is 12.1. The molecule has 5 heteroatoms. The first-order valence-electron chi connectivity index (χ1n) is 7.81. The molecule has 0 saturated heterocycles. The van der Waals surface area contributed by atoms with Crippen LogP contribution in [0, 0.1) is 0 Å². The third-order valence-corrected chi connectivity index (χ3v) is 3.90. The Morgan fingerprint density at radius 2 is 1.87 bits per heavy atom. The molecule has 0 fully saturated rings. The number of carbonyl (C=O) groups is 1. The van der Waals surface area contributed by atoms with Crippen LogP contribution < -0.4 is 5.32 Å². The van der Waals surface area contributed by atoms with E-state index in [0.29, 0.717) is 13.1 Å². The van der Waals surface area contributed by atoms with Gasteiger partial charge in [0.05, 0.1) is 12.8 Å². The molecule has 1 aromatic heterocycles. The van der Waals surface area contributed by atoms with Gasteiger partial charge in [0, 0.05) is 26.2 Å². The molecule has 1 atom stereocenters. The highest BCUT2D eigenvalue weighted by Crippen LogP contribution is 2.06. The number of likely N-dealkylation sites (N-methyl/N-ethyl adjacent to an activating group) is 1. The molecule has 0 saturated carbocycles. The molecule has 0 spiro atoms. The van der Waals surface area contributed by atoms with E-state index in [-0.39, 0.29) is 12.1 Å². The Balaban J connectivity index is 1.74. The van der Waals surface area contributed by atoms with E-state index in [1.165, 1.54) is 5.56 Å². The van der Waals surface area contributed by atoms with Gasteiger partial charge in [0.15, 0.2) is 0 Å². The van der Waals surface area contributed by atoms with E-state index >= 15 is 0 Å². The summed E-state index contributed by atoms with van der Waals surface area (Å²) in [6.07, 6.45) is 1.61. The summed E-state index contributed by atoms with van der Waals surface area (Å²) in [6.45, 7) is 4.04. The van der Waals surface area contributed by atoms with Gasteiger partial charge in [0.1, 0.15) is 5.76 Å². The van der Waals surface area contributed by atoms with Crippen molar-refractivity contribution in [3.63, 3.8) is 0 Å². The van der Waals surface area contributed by atoms with Crippen LogP contribution in [0.5, 0.6) is 0 Å². The smallest absolute Gasteiger partial charge is 0.317 e. The topological polar surface area (TPSA) is 48.7 Å². The third kappa shape index (κ3) is 5.45. The number of amides is 2. The Morgan fingerprint density at radius 3 is 2.52 bits per heavy atom. The van der Waals surface area contributed by atoms with Crippen molar-refractivity contribution in [1.82, 2.24) is 15.1 Å². The summed E-state index contributed by atoms with van der Waals surface area (Å²) in [5, 5.41) is 2.96. The number of hydrogen-bond acceptors (Lipinski definition) is 3. The summed E-state index contributed by atoms with van der Waals surface area (Å²) in [5.74, 6) is 0.775. The van der Waals surface area contributed by atoms with Crippen molar-refractivity contribution in [2.75, 3.05) is 20.6 Å². The number of rotatable bonds is 7. The zero-order chi connectivity index (χ0) is 16.7. The van der Waals surface area contributed by atoms with Crippen molar-refractivity contribution in [2.45, 2.75) is 26.1 Å². The second-order valence-electron chi connectivity index (χ2n) is 5.87. The largest absolute Gasteiger partial charge is 0.467 e. The maximum Gasteiger partial charge on any atom is 0.317 e. The van der Waals surface area contributed by atoms with Gasteiger partial charge in [-0.3, -0.25) is 4.90 Å². The summed E-state index contributed by atoms with van der Waals surface area (Å²) < 4.78 is 5.25. The van der Waals surface area contributed by atoms with Crippen LogP contribution in [0.1, 0.15) is 18.2 Å². The second-order valence-corrected chi connectivity index (χ2v) is 5.87. The summed E-state index contributed by atoms with van der Waals surface area (Å²) in [6, 6.07) is 14.2. The lowest BCUT2D eigenvalue weighted by Crippen LogP contribution is -2.44. The number of urea groups is 1. The van der Waals surface area contributed by atoms with Crippen LogP contribution in [0.15, 0.2) is 53.1 Å². The van der Waals surface area contributed by atoms with Gasteiger partial charge in [-0.05, 0) is 31.7 Å². The lowest BCUT2D eigenvalue weighted by atomic mass is 10.2. The SMILES string of the molecule is C[C@@H](CNC(=O)N(C)Cc1ccco1)N(C)Cc1ccccc1. The van der Waals surface area contributed by atoms with Crippen molar-refractivity contribution in [2.24, 2.45) is 0 Å². The molecule has 1 N–H and O–H groups in total. The third-order valence-electron chi connectivity index (χ3n) is 3.90. The number of benzene rings is 1. The minimum atomic E-state index is -0.0960. The molecule has 0 aliphatic heterocycles. The van der Waals surface area contributed by atoms with E-state index in [4.69, 9.17) is 4.42 Å². The second kappa shape index (κ2) is 8.39. The molecular weight excluding hydrogens is 290 g/mol. The van der Waals surface area contributed by atoms with E-state index in [1.54, 1.807) is 18.2 Å². The highest BCUT2D eigenvalue weighted by molar-refractivity contribution is 5.73. The van der Waals surface area contributed by atoms with Crippen molar-refractivity contribution in [3.05, 3.63) is 60.1 Å². The highest BCUT2D eigenvalue weighted by Gasteiger charge is 2.14. The Morgan fingerprint density at radius 1 is 1.13 bits per heavy atom. The molecule has 2 rings (SSSR count). The van der Waals surface area contributed by atoms with Gasteiger partial charge in [-0.15, -0.1) is 0 Å². The molecule has 124 valence electrons. The molecule has 23 heavy (non-hydrogen) atoms. The van der Waals surface area contributed by atoms with Crippen LogP contribution in [-0.4, -0.2) is 42.5 Å². The normalized spacial score (nSPS) is 12.2. The maximum absolute atomic E-state index is 12.1. The zero-order valence-corrected chi connectivity index (χ0v) is 14.0. The van der Waals surface area contributed by atoms with Crippen molar-refractivity contribution >= 4 is 6.03 Å². The Kier molecular flexibility index (Phi) is 6.23. The molecular formula is C18H25N3O2. The van der Waals surface area contributed by atoms with Crippen LogP contribution in [0.2, 0.25) is 0 Å². The van der Waals surface area contributed by atoms with E-state index in [2.05, 4.69) is 36.3 Å². The molecule has 0 unspecified atom stereocenters. The highest BCUT2D eigenvalue weighted by atomic mass is 16.3. The Bertz CT molecular complexity index is 584. The first kappa shape index (κ1) is 17.1. The van der Waals surface area contributed by atoms with Gasteiger partial charge in [-0.25, -0.2) is 4.79 Å². The average molecular weight is 315 g/mol. The molecule has 2 amide bonds. The molecule has 0 radical (unpaired) electrons. The van der Waals surface area contributed by atoms with E-state index in [1.807, 2.05) is 30.3 Å². The van der Waals surface area contributed by atoms with E-state index in [0.717, 1.165) is 12.3 Å². The minimum Gasteiger partial charge on any atom is -0.467 e. The zero-order valence-electron chi connectivity index (χ0n) is 14.0. The Hall–Kier alpha value is -2.27. The minimum absolute atomic E-state index is 0.0960. The van der Waals surface area contributed by atoms with Gasteiger partial charge >= 0.3 is 6.03 Å². The van der Waals surface area contributed by atoms with Gasteiger partial charge in [-0.2, -0.15) is 0 Å². The lowest BCUT2D eigenvalue weighted by molar-refractivity contribution is 0.193. The van der Waals surface area contributed by atoms with Crippen molar-refractivity contribution in [3.8, 4) is 0 Å². The lowest BCUT2D eigenvalue weighted by Gasteiger charge is -2.26. The molecule has 5 nitrogen and oxygen atoms in total.